The van der Waals surface area contributed by atoms with Crippen molar-refractivity contribution in [2.45, 2.75) is 69.7 Å². The molecule has 1 saturated heterocycles. The van der Waals surface area contributed by atoms with Gasteiger partial charge in [-0.2, -0.15) is 9.97 Å². The van der Waals surface area contributed by atoms with E-state index in [4.69, 9.17) is 23.7 Å². The highest BCUT2D eigenvalue weighted by Gasteiger charge is 2.57. The predicted molar refractivity (Wildman–Crippen MR) is 253 cm³/mol. The zero-order valence-electron chi connectivity index (χ0n) is 38.1. The van der Waals surface area contributed by atoms with Crippen LogP contribution in [0.25, 0.3) is 11.2 Å². The number of anilines is 3. The molecule has 0 radical (unpaired) electrons. The van der Waals surface area contributed by atoms with Crippen molar-refractivity contribution in [2.24, 2.45) is 5.92 Å². The number of aliphatic hydroxyl groups excluding tert-OH is 2. The number of aromatic nitrogens is 4. The Bertz CT molecular complexity index is 2740. The molecule has 1 aliphatic heterocycles. The monoisotopic (exact) mass is 920 g/mol. The number of para-hydroxylation sites is 2. The maximum atomic E-state index is 14.3. The molecule has 1 aliphatic rings. The van der Waals surface area contributed by atoms with E-state index in [9.17, 15) is 24.6 Å². The molecule has 0 bridgehead atoms. The van der Waals surface area contributed by atoms with Crippen LogP contribution in [0.1, 0.15) is 56.5 Å². The molecule has 1 unspecified atom stereocenters. The molecule has 350 valence electrons. The van der Waals surface area contributed by atoms with Crippen LogP contribution in [0.4, 0.5) is 22.1 Å². The summed E-state index contributed by atoms with van der Waals surface area (Å²) in [6, 6.07) is 41.5. The van der Waals surface area contributed by atoms with Crippen molar-refractivity contribution in [1.29, 1.82) is 0 Å². The summed E-state index contributed by atoms with van der Waals surface area (Å²) in [6.07, 6.45) is -6.63. The van der Waals surface area contributed by atoms with Gasteiger partial charge in [-0.05, 0) is 71.6 Å². The molecule has 7 aromatic rings. The van der Waals surface area contributed by atoms with Crippen molar-refractivity contribution < 1.29 is 48.3 Å². The Labute approximate surface area is 393 Å². The molecule has 0 saturated carbocycles. The lowest BCUT2D eigenvalue weighted by molar-refractivity contribution is -0.158. The SMILES string of the molecule is CCCC(=O)O[C@@H]1[C@H](O)[C@@H](C(O)C(c2ccccc2)(c2ccc(OC)cc2)c2ccc(OC)cc2)O[C@H]1n1cnc2c(OC(=O)N(c3ccccc3)c3ccccc3)nc(NC(=O)C(C)C)nc21. The normalized spacial score (nSPS) is 17.4. The zero-order valence-corrected chi connectivity index (χ0v) is 38.1. The number of methoxy groups -OCH3 is 2. The number of amides is 2. The Morgan fingerprint density at radius 1 is 0.779 bits per heavy atom. The molecule has 16 heteroatoms. The van der Waals surface area contributed by atoms with E-state index in [1.807, 2.05) is 73.7 Å². The minimum Gasteiger partial charge on any atom is -0.497 e. The van der Waals surface area contributed by atoms with E-state index in [-0.39, 0.29) is 29.4 Å². The summed E-state index contributed by atoms with van der Waals surface area (Å²) in [5.74, 6) is -0.933. The molecule has 2 amide bonds. The minimum absolute atomic E-state index is 0.0173. The topological polar surface area (TPSA) is 197 Å². The van der Waals surface area contributed by atoms with Crippen LogP contribution in [-0.4, -0.2) is 86.3 Å². The van der Waals surface area contributed by atoms with Crippen LogP contribution in [0, 0.1) is 5.92 Å². The number of esters is 1. The van der Waals surface area contributed by atoms with Gasteiger partial charge < -0.3 is 33.9 Å². The predicted octanol–water partition coefficient (Wildman–Crippen LogP) is 8.14. The molecule has 5 atom stereocenters. The van der Waals surface area contributed by atoms with Gasteiger partial charge >= 0.3 is 12.1 Å². The lowest BCUT2D eigenvalue weighted by Crippen LogP contribution is -2.52. The molecular weight excluding hydrogens is 869 g/mol. The van der Waals surface area contributed by atoms with E-state index in [0.717, 1.165) is 0 Å². The fraction of sp³-hybridized carbons (Fsp3) is 0.269. The Hall–Kier alpha value is -7.66. The number of nitrogens with zero attached hydrogens (tertiary/aromatic N) is 5. The fourth-order valence-electron chi connectivity index (χ4n) is 8.47. The van der Waals surface area contributed by atoms with Crippen molar-refractivity contribution >= 4 is 46.5 Å². The molecule has 3 heterocycles. The summed E-state index contributed by atoms with van der Waals surface area (Å²) >= 11 is 0. The molecule has 8 rings (SSSR count). The van der Waals surface area contributed by atoms with E-state index in [0.29, 0.717) is 46.0 Å². The Balaban J connectivity index is 1.27. The fourth-order valence-corrected chi connectivity index (χ4v) is 8.47. The van der Waals surface area contributed by atoms with Crippen molar-refractivity contribution in [3.8, 4) is 17.4 Å². The van der Waals surface area contributed by atoms with Gasteiger partial charge in [0.2, 0.25) is 11.9 Å². The van der Waals surface area contributed by atoms with E-state index in [1.165, 1.54) is 15.8 Å². The number of carbonyl (C=O) groups is 3. The lowest BCUT2D eigenvalue weighted by atomic mass is 9.64. The maximum absolute atomic E-state index is 14.3. The summed E-state index contributed by atoms with van der Waals surface area (Å²) in [5.41, 5.74) is 1.40. The second-order valence-electron chi connectivity index (χ2n) is 16.5. The van der Waals surface area contributed by atoms with Gasteiger partial charge in [0.15, 0.2) is 23.5 Å². The van der Waals surface area contributed by atoms with Crippen LogP contribution in [0.2, 0.25) is 0 Å². The van der Waals surface area contributed by atoms with Crippen LogP contribution >= 0.6 is 0 Å². The van der Waals surface area contributed by atoms with Crippen molar-refractivity contribution in [1.82, 2.24) is 19.5 Å². The van der Waals surface area contributed by atoms with E-state index < -0.39 is 59.9 Å². The zero-order chi connectivity index (χ0) is 48.0. The number of imidazole rings is 1. The molecule has 3 N–H and O–H groups in total. The highest BCUT2D eigenvalue weighted by molar-refractivity contribution is 5.98. The third-order valence-electron chi connectivity index (χ3n) is 11.9. The number of ether oxygens (including phenoxy) is 5. The van der Waals surface area contributed by atoms with Gasteiger partial charge in [-0.1, -0.05) is 112 Å². The van der Waals surface area contributed by atoms with Crippen molar-refractivity contribution in [3.05, 3.63) is 163 Å². The lowest BCUT2D eigenvalue weighted by Gasteiger charge is -2.42. The molecule has 0 aliphatic carbocycles. The van der Waals surface area contributed by atoms with Crippen molar-refractivity contribution in [3.63, 3.8) is 0 Å². The van der Waals surface area contributed by atoms with Gasteiger partial charge in [0.25, 0.3) is 5.88 Å². The summed E-state index contributed by atoms with van der Waals surface area (Å²) in [4.78, 5) is 56.0. The highest BCUT2D eigenvalue weighted by atomic mass is 16.6. The number of rotatable bonds is 16. The molecule has 2 aromatic heterocycles. The van der Waals surface area contributed by atoms with Crippen LogP contribution < -0.4 is 24.4 Å². The molecule has 0 spiro atoms. The molecule has 68 heavy (non-hydrogen) atoms. The van der Waals surface area contributed by atoms with Crippen LogP contribution in [-0.2, 0) is 24.5 Å². The number of benzene rings is 5. The van der Waals surface area contributed by atoms with Gasteiger partial charge in [-0.25, -0.2) is 14.7 Å². The summed E-state index contributed by atoms with van der Waals surface area (Å²) in [7, 11) is 3.12. The first-order chi connectivity index (χ1) is 33.0. The van der Waals surface area contributed by atoms with Gasteiger partial charge in [0.05, 0.1) is 37.3 Å². The molecular formula is C52H52N6O10. The molecule has 1 fully saturated rings. The summed E-state index contributed by atoms with van der Waals surface area (Å²) in [5, 5.41) is 28.5. The Morgan fingerprint density at radius 2 is 1.31 bits per heavy atom. The van der Waals surface area contributed by atoms with Crippen LogP contribution in [0.3, 0.4) is 0 Å². The number of fused-ring (bicyclic) bond motifs is 1. The summed E-state index contributed by atoms with van der Waals surface area (Å²) in [6.45, 7) is 5.20. The minimum atomic E-state index is -1.66. The van der Waals surface area contributed by atoms with E-state index in [1.54, 1.807) is 101 Å². The number of carbonyl (C=O) groups excluding carboxylic acids is 3. The molecule has 16 nitrogen and oxygen atoms in total. The summed E-state index contributed by atoms with van der Waals surface area (Å²) < 4.78 is 31.4. The Morgan fingerprint density at radius 3 is 1.82 bits per heavy atom. The first-order valence-corrected chi connectivity index (χ1v) is 22.2. The highest BCUT2D eigenvalue weighted by Crippen LogP contribution is 2.48. The van der Waals surface area contributed by atoms with Gasteiger partial charge in [0.1, 0.15) is 29.8 Å². The Kier molecular flexibility index (Phi) is 14.1. The van der Waals surface area contributed by atoms with Gasteiger partial charge in [-0.15, -0.1) is 0 Å². The third kappa shape index (κ3) is 9.21. The van der Waals surface area contributed by atoms with Crippen molar-refractivity contribution in [2.75, 3.05) is 24.4 Å². The maximum Gasteiger partial charge on any atom is 0.425 e. The van der Waals surface area contributed by atoms with E-state index in [2.05, 4.69) is 20.3 Å². The second-order valence-corrected chi connectivity index (χ2v) is 16.5. The first kappa shape index (κ1) is 46.9. The third-order valence-corrected chi connectivity index (χ3v) is 11.9. The quantitative estimate of drug-likeness (QED) is 0.0621. The average molecular weight is 921 g/mol. The largest absolute Gasteiger partial charge is 0.497 e. The average Bonchev–Trinajstić information content (AvgIpc) is 3.93. The molecule has 5 aromatic carbocycles. The number of aliphatic hydroxyl groups is 2. The van der Waals surface area contributed by atoms with Gasteiger partial charge in [0, 0.05) is 12.3 Å². The van der Waals surface area contributed by atoms with Gasteiger partial charge in [-0.3, -0.25) is 19.5 Å². The van der Waals surface area contributed by atoms with E-state index >= 15 is 0 Å². The number of hydrogen-bond acceptors (Lipinski definition) is 13. The smallest absolute Gasteiger partial charge is 0.425 e. The van der Waals surface area contributed by atoms with Crippen LogP contribution in [0.15, 0.2) is 146 Å². The first-order valence-electron chi connectivity index (χ1n) is 22.2. The standard InChI is InChI=1S/C52H52N6O10/c1-6-16-40(59)66-44-42(60)43(45(61)52(33-17-10-7-11-18-33,34-23-27-38(64-4)28-24-34)35-25-29-39(65-5)30-26-35)67-49(44)57-31-53-41-46(57)54-50(55-47(62)32(2)3)56-48(41)68-51(63)58(36-19-12-8-13-20-36)37-21-14-9-15-22-37/h7-15,17-32,42-45,49,60-61H,6,16H2,1-5H3,(H,54,55,56,62)/t42-,43+,44-,45?,49-/m1/s1. The number of nitrogens with one attached hydrogen (secondary N) is 1. The second kappa shape index (κ2) is 20.5. The van der Waals surface area contributed by atoms with Crippen LogP contribution in [0.5, 0.6) is 17.4 Å². The number of hydrogen-bond donors (Lipinski definition) is 3.